The average Bonchev–Trinajstić information content (AvgIpc) is 2.67. The number of carbonyl (C=O) groups is 2. The van der Waals surface area contributed by atoms with E-state index in [1.807, 2.05) is 6.92 Å². The normalized spacial score (nSPS) is 13.1. The van der Waals surface area contributed by atoms with E-state index in [9.17, 15) is 22.4 Å². The van der Waals surface area contributed by atoms with E-state index in [0.717, 1.165) is 6.26 Å². The minimum absolute atomic E-state index is 0. The predicted molar refractivity (Wildman–Crippen MR) is 114 cm³/mol. The minimum atomic E-state index is -3.46. The first-order chi connectivity index (χ1) is 13.6. The summed E-state index contributed by atoms with van der Waals surface area (Å²) in [6, 6.07) is 3.93. The van der Waals surface area contributed by atoms with Crippen molar-refractivity contribution in [2.24, 2.45) is 0 Å². The van der Waals surface area contributed by atoms with Gasteiger partial charge >= 0.3 is 6.16 Å². The van der Waals surface area contributed by atoms with Gasteiger partial charge in [-0.15, -0.1) is 12.4 Å². The zero-order valence-corrected chi connectivity index (χ0v) is 19.4. The summed E-state index contributed by atoms with van der Waals surface area (Å²) in [5, 5.41) is 5.20. The van der Waals surface area contributed by atoms with E-state index >= 15 is 0 Å². The summed E-state index contributed by atoms with van der Waals surface area (Å²) in [6.45, 7) is 1.86. The SMILES string of the molecule is CCNCCOC(=O)O[C@H](c1ccc(S(C)(=O)=O)cc1)[C@@H](CF)NC(=O)C(Cl)Cl.Cl. The first-order valence-electron chi connectivity index (χ1n) is 8.58. The molecule has 13 heteroatoms. The Morgan fingerprint density at radius 2 is 1.80 bits per heavy atom. The van der Waals surface area contributed by atoms with Crippen molar-refractivity contribution >= 4 is 57.5 Å². The molecule has 8 nitrogen and oxygen atoms in total. The Bertz CT molecular complexity index is 780. The molecule has 0 saturated heterocycles. The Balaban J connectivity index is 0.00000841. The number of amides is 1. The molecule has 1 aromatic carbocycles. The predicted octanol–water partition coefficient (Wildman–Crippen LogP) is 2.57. The fourth-order valence-electron chi connectivity index (χ4n) is 2.25. The van der Waals surface area contributed by atoms with Crippen molar-refractivity contribution in [3.05, 3.63) is 29.8 Å². The molecular weight excluding hydrogens is 486 g/mol. The van der Waals surface area contributed by atoms with Crippen LogP contribution >= 0.6 is 35.6 Å². The topological polar surface area (TPSA) is 111 Å². The summed E-state index contributed by atoms with van der Waals surface area (Å²) in [4.78, 5) is 22.3. The lowest BCUT2D eigenvalue weighted by Crippen LogP contribution is -2.44. The van der Waals surface area contributed by atoms with Crippen LogP contribution in [0.2, 0.25) is 0 Å². The van der Waals surface area contributed by atoms with Gasteiger partial charge in [0.2, 0.25) is 0 Å². The number of hydrogen-bond acceptors (Lipinski definition) is 7. The van der Waals surface area contributed by atoms with Crippen LogP contribution in [0.4, 0.5) is 9.18 Å². The third kappa shape index (κ3) is 9.65. The van der Waals surface area contributed by atoms with Crippen molar-refractivity contribution in [2.75, 3.05) is 32.6 Å². The van der Waals surface area contributed by atoms with Crippen LogP contribution in [0.1, 0.15) is 18.6 Å². The third-order valence-corrected chi connectivity index (χ3v) is 5.19. The number of halogens is 4. The number of benzene rings is 1. The van der Waals surface area contributed by atoms with E-state index in [0.29, 0.717) is 13.1 Å². The number of nitrogens with one attached hydrogen (secondary N) is 2. The number of carbonyl (C=O) groups excluding carboxylic acids is 2. The van der Waals surface area contributed by atoms with Crippen LogP contribution in [0.25, 0.3) is 0 Å². The van der Waals surface area contributed by atoms with Gasteiger partial charge in [-0.25, -0.2) is 17.6 Å². The summed E-state index contributed by atoms with van der Waals surface area (Å²) in [5.74, 6) is -0.877. The molecule has 2 atom stereocenters. The summed E-state index contributed by atoms with van der Waals surface area (Å²) in [5.41, 5.74) is 0.240. The highest BCUT2D eigenvalue weighted by Crippen LogP contribution is 2.25. The molecule has 0 saturated carbocycles. The standard InChI is InChI=1S/C17H23Cl2FN2O6S.ClH/c1-3-21-8-9-27-17(24)28-14(13(10-20)22-16(23)15(18)19)11-4-6-12(7-5-11)29(2,25)26;/h4-7,13-15,21H,3,8-10H2,1-2H3,(H,22,23);1H/t13-,14-;/m1./s1. The summed E-state index contributed by atoms with van der Waals surface area (Å²) in [7, 11) is -3.46. The Labute approximate surface area is 191 Å². The number of hydrogen-bond donors (Lipinski definition) is 2. The van der Waals surface area contributed by atoms with E-state index in [2.05, 4.69) is 10.6 Å². The molecule has 0 heterocycles. The number of likely N-dealkylation sites (N-methyl/N-ethyl adjacent to an activating group) is 1. The van der Waals surface area contributed by atoms with Gasteiger partial charge in [-0.2, -0.15) is 0 Å². The van der Waals surface area contributed by atoms with Crippen LogP contribution in [-0.2, 0) is 24.1 Å². The first kappa shape index (κ1) is 28.7. The van der Waals surface area contributed by atoms with Crippen LogP contribution in [0.15, 0.2) is 29.2 Å². The van der Waals surface area contributed by atoms with E-state index in [1.165, 1.54) is 24.3 Å². The molecule has 0 radical (unpaired) electrons. The molecule has 2 N–H and O–H groups in total. The molecule has 0 aliphatic carbocycles. The van der Waals surface area contributed by atoms with Gasteiger partial charge < -0.3 is 20.1 Å². The van der Waals surface area contributed by atoms with Crippen molar-refractivity contribution < 1.29 is 31.9 Å². The molecule has 30 heavy (non-hydrogen) atoms. The molecule has 0 aliphatic rings. The largest absolute Gasteiger partial charge is 0.509 e. The molecule has 0 aliphatic heterocycles. The number of alkyl halides is 3. The molecule has 1 amide bonds. The maximum absolute atomic E-state index is 13.6. The Hall–Kier alpha value is -1.33. The van der Waals surface area contributed by atoms with Crippen LogP contribution in [0.5, 0.6) is 0 Å². The second-order valence-electron chi connectivity index (χ2n) is 5.90. The first-order valence-corrected chi connectivity index (χ1v) is 11.3. The van der Waals surface area contributed by atoms with E-state index in [1.54, 1.807) is 0 Å². The van der Waals surface area contributed by atoms with Gasteiger partial charge in [0.1, 0.15) is 13.3 Å². The maximum Gasteiger partial charge on any atom is 0.509 e. The zero-order valence-electron chi connectivity index (χ0n) is 16.3. The molecule has 0 spiro atoms. The molecule has 0 fully saturated rings. The zero-order chi connectivity index (χ0) is 22.0. The van der Waals surface area contributed by atoms with Gasteiger partial charge in [0, 0.05) is 12.8 Å². The van der Waals surface area contributed by atoms with Gasteiger partial charge in [-0.1, -0.05) is 42.3 Å². The van der Waals surface area contributed by atoms with Gasteiger partial charge in [0.15, 0.2) is 20.8 Å². The van der Waals surface area contributed by atoms with E-state index < -0.39 is 45.6 Å². The number of ether oxygens (including phenoxy) is 2. The summed E-state index contributed by atoms with van der Waals surface area (Å²) in [6.07, 6.45) is -1.36. The Morgan fingerprint density at radius 3 is 2.27 bits per heavy atom. The fourth-order valence-corrected chi connectivity index (χ4v) is 3.01. The van der Waals surface area contributed by atoms with Crippen molar-refractivity contribution in [1.29, 1.82) is 0 Å². The number of rotatable bonds is 11. The lowest BCUT2D eigenvalue weighted by molar-refractivity contribution is -0.121. The molecule has 0 unspecified atom stereocenters. The van der Waals surface area contributed by atoms with Crippen LogP contribution in [0, 0.1) is 0 Å². The van der Waals surface area contributed by atoms with Crippen molar-refractivity contribution in [1.82, 2.24) is 10.6 Å². The highest BCUT2D eigenvalue weighted by Gasteiger charge is 2.31. The molecular formula is C17H24Cl3FN2O6S. The molecule has 0 bridgehead atoms. The average molecular weight is 510 g/mol. The summed E-state index contributed by atoms with van der Waals surface area (Å²) < 4.78 is 47.0. The molecule has 1 rings (SSSR count). The molecule has 172 valence electrons. The highest BCUT2D eigenvalue weighted by molar-refractivity contribution is 7.90. The maximum atomic E-state index is 13.6. The van der Waals surface area contributed by atoms with Gasteiger partial charge in [-0.05, 0) is 24.2 Å². The monoisotopic (exact) mass is 508 g/mol. The van der Waals surface area contributed by atoms with Gasteiger partial charge in [0.25, 0.3) is 5.91 Å². The van der Waals surface area contributed by atoms with Crippen molar-refractivity contribution in [2.45, 2.75) is 28.8 Å². The highest BCUT2D eigenvalue weighted by atomic mass is 35.5. The smallest absolute Gasteiger partial charge is 0.433 e. The lowest BCUT2D eigenvalue weighted by atomic mass is 10.0. The lowest BCUT2D eigenvalue weighted by Gasteiger charge is -2.26. The third-order valence-electron chi connectivity index (χ3n) is 3.67. The van der Waals surface area contributed by atoms with Crippen LogP contribution in [0.3, 0.4) is 0 Å². The molecule has 0 aromatic heterocycles. The Kier molecular flexibility index (Phi) is 13.3. The van der Waals surface area contributed by atoms with Gasteiger partial charge in [0.05, 0.1) is 10.9 Å². The fraction of sp³-hybridized carbons (Fsp3) is 0.529. The van der Waals surface area contributed by atoms with Crippen LogP contribution in [-0.4, -0.2) is 64.0 Å². The molecule has 1 aromatic rings. The van der Waals surface area contributed by atoms with Crippen molar-refractivity contribution in [3.8, 4) is 0 Å². The van der Waals surface area contributed by atoms with Crippen LogP contribution < -0.4 is 10.6 Å². The minimum Gasteiger partial charge on any atom is -0.433 e. The summed E-state index contributed by atoms with van der Waals surface area (Å²) >= 11 is 11.0. The Morgan fingerprint density at radius 1 is 1.20 bits per heavy atom. The van der Waals surface area contributed by atoms with Crippen molar-refractivity contribution in [3.63, 3.8) is 0 Å². The second-order valence-corrected chi connectivity index (χ2v) is 9.01. The van der Waals surface area contributed by atoms with E-state index in [-0.39, 0.29) is 29.5 Å². The number of sulfone groups is 1. The quantitative estimate of drug-likeness (QED) is 0.268. The van der Waals surface area contributed by atoms with Gasteiger partial charge in [-0.3, -0.25) is 4.79 Å². The van der Waals surface area contributed by atoms with E-state index in [4.69, 9.17) is 32.7 Å². The second kappa shape index (κ2) is 13.9.